The van der Waals surface area contributed by atoms with Crippen LogP contribution < -0.4 is 15.4 Å². The number of sulfone groups is 1. The predicted octanol–water partition coefficient (Wildman–Crippen LogP) is 3.86. The Hall–Kier alpha value is -4.19. The number of nitrogens with zero attached hydrogens (tertiary/aromatic N) is 3. The topological polar surface area (TPSA) is 140 Å². The van der Waals surface area contributed by atoms with Crippen LogP contribution in [0.4, 0.5) is 16.3 Å². The van der Waals surface area contributed by atoms with Gasteiger partial charge in [-0.05, 0) is 42.8 Å². The molecule has 0 spiro atoms. The minimum Gasteiger partial charge on any atom is -0.492 e. The average Bonchev–Trinajstić information content (AvgIpc) is 3.55. The van der Waals surface area contributed by atoms with Crippen molar-refractivity contribution in [3.8, 4) is 5.75 Å². The Kier molecular flexibility index (Phi) is 7.13. The van der Waals surface area contributed by atoms with Crippen molar-refractivity contribution in [2.45, 2.75) is 38.6 Å². The van der Waals surface area contributed by atoms with Gasteiger partial charge in [-0.1, -0.05) is 32.9 Å². The number of benzene rings is 2. The van der Waals surface area contributed by atoms with E-state index in [1.54, 1.807) is 59.3 Å². The van der Waals surface area contributed by atoms with Crippen LogP contribution in [0.5, 0.6) is 5.75 Å². The van der Waals surface area contributed by atoms with E-state index in [1.807, 2.05) is 20.8 Å². The van der Waals surface area contributed by atoms with E-state index in [9.17, 15) is 22.8 Å². The van der Waals surface area contributed by atoms with Crippen molar-refractivity contribution >= 4 is 39.2 Å². The molecule has 11 nitrogen and oxygen atoms in total. The van der Waals surface area contributed by atoms with E-state index in [1.165, 1.54) is 4.90 Å². The fourth-order valence-electron chi connectivity index (χ4n) is 4.71. The molecule has 2 aliphatic rings. The molecule has 3 aromatic rings. The van der Waals surface area contributed by atoms with Crippen LogP contribution in [0.25, 0.3) is 0 Å². The normalized spacial score (nSPS) is 18.1. The summed E-state index contributed by atoms with van der Waals surface area (Å²) in [7, 11) is -3.13. The van der Waals surface area contributed by atoms with Crippen LogP contribution >= 0.6 is 0 Å². The number of ether oxygens (including phenoxy) is 1. The lowest BCUT2D eigenvalue weighted by atomic mass is 9.92. The predicted molar refractivity (Wildman–Crippen MR) is 150 cm³/mol. The van der Waals surface area contributed by atoms with Gasteiger partial charge in [0.05, 0.1) is 40.9 Å². The monoisotopic (exact) mass is 565 g/mol. The number of nitrogens with one attached hydrogen (secondary N) is 2. The average molecular weight is 566 g/mol. The van der Waals surface area contributed by atoms with Gasteiger partial charge < -0.3 is 10.1 Å². The third kappa shape index (κ3) is 5.71. The van der Waals surface area contributed by atoms with E-state index < -0.39 is 15.9 Å². The SMILES string of the molecule is CC(C)(C)c1cc(NC(=O)Nc2ccc(OCCN3C(=O)c4ccccc4C3=O)cc2)n(C2CCS(=O)(=O)C2)n1. The number of anilines is 2. The molecule has 40 heavy (non-hydrogen) atoms. The molecule has 2 aromatic carbocycles. The van der Waals surface area contributed by atoms with Crippen LogP contribution in [0, 0.1) is 0 Å². The van der Waals surface area contributed by atoms with Crippen LogP contribution in [-0.4, -0.2) is 65.6 Å². The van der Waals surface area contributed by atoms with Gasteiger partial charge in [-0.2, -0.15) is 5.10 Å². The van der Waals surface area contributed by atoms with Gasteiger partial charge in [0.1, 0.15) is 18.2 Å². The van der Waals surface area contributed by atoms with E-state index in [0.29, 0.717) is 34.8 Å². The second kappa shape index (κ2) is 10.4. The first kappa shape index (κ1) is 27.4. The molecule has 1 fully saturated rings. The molecule has 12 heteroatoms. The molecule has 4 amide bonds. The number of aromatic nitrogens is 2. The minimum absolute atomic E-state index is 0.0109. The summed E-state index contributed by atoms with van der Waals surface area (Å²) < 4.78 is 31.4. The number of carbonyl (C=O) groups is 3. The lowest BCUT2D eigenvalue weighted by molar-refractivity contribution is 0.0631. The van der Waals surface area contributed by atoms with Crippen molar-refractivity contribution in [1.29, 1.82) is 0 Å². The number of amides is 4. The van der Waals surface area contributed by atoms with E-state index in [2.05, 4.69) is 15.7 Å². The highest BCUT2D eigenvalue weighted by Crippen LogP contribution is 2.31. The van der Waals surface area contributed by atoms with Gasteiger partial charge in [0.2, 0.25) is 0 Å². The molecule has 1 atom stereocenters. The van der Waals surface area contributed by atoms with Gasteiger partial charge in [0.25, 0.3) is 11.8 Å². The molecule has 5 rings (SSSR count). The van der Waals surface area contributed by atoms with E-state index in [0.717, 1.165) is 5.69 Å². The number of fused-ring (bicyclic) bond motifs is 1. The summed E-state index contributed by atoms with van der Waals surface area (Å²) in [6.07, 6.45) is 0.443. The molecule has 1 saturated heterocycles. The molecule has 2 aliphatic heterocycles. The fourth-order valence-corrected chi connectivity index (χ4v) is 6.40. The van der Waals surface area contributed by atoms with Crippen molar-refractivity contribution in [2.75, 3.05) is 35.3 Å². The van der Waals surface area contributed by atoms with Crippen molar-refractivity contribution in [2.24, 2.45) is 0 Å². The van der Waals surface area contributed by atoms with Crippen LogP contribution in [0.1, 0.15) is 59.6 Å². The van der Waals surface area contributed by atoms with E-state index in [-0.39, 0.29) is 47.9 Å². The molecular formula is C28H31N5O6S. The summed E-state index contributed by atoms with van der Waals surface area (Å²) in [5, 5.41) is 10.2. The highest BCUT2D eigenvalue weighted by atomic mass is 32.2. The molecule has 210 valence electrons. The summed E-state index contributed by atoms with van der Waals surface area (Å²) >= 11 is 0. The lowest BCUT2D eigenvalue weighted by Gasteiger charge is -2.16. The van der Waals surface area contributed by atoms with Crippen LogP contribution in [0.3, 0.4) is 0 Å². The number of carbonyl (C=O) groups excluding carboxylic acids is 3. The summed E-state index contributed by atoms with van der Waals surface area (Å²) in [5.74, 6) is 0.361. The Morgan fingerprint density at radius 2 is 1.68 bits per heavy atom. The molecular weight excluding hydrogens is 534 g/mol. The maximum atomic E-state index is 12.8. The first-order valence-corrected chi connectivity index (χ1v) is 14.8. The minimum atomic E-state index is -3.13. The number of urea groups is 1. The van der Waals surface area contributed by atoms with Gasteiger partial charge in [-0.15, -0.1) is 0 Å². The standard InChI is InChI=1S/C28H31N5O6S/c1-28(2,3)23-16-24(33(31-23)19-12-15-40(37,38)17-19)30-27(36)29-18-8-10-20(11-9-18)39-14-13-32-25(34)21-6-4-5-7-22(21)26(32)35/h4-11,16,19H,12-15,17H2,1-3H3,(H2,29,30,36). The Morgan fingerprint density at radius 3 is 2.25 bits per heavy atom. The highest BCUT2D eigenvalue weighted by molar-refractivity contribution is 7.91. The largest absolute Gasteiger partial charge is 0.492 e. The molecule has 1 aromatic heterocycles. The van der Waals surface area contributed by atoms with Crippen LogP contribution in [-0.2, 0) is 15.3 Å². The van der Waals surface area contributed by atoms with Crippen LogP contribution in [0.2, 0.25) is 0 Å². The van der Waals surface area contributed by atoms with E-state index >= 15 is 0 Å². The number of imide groups is 1. The number of rotatable bonds is 7. The van der Waals surface area contributed by atoms with Gasteiger partial charge in [0, 0.05) is 17.2 Å². The Morgan fingerprint density at radius 1 is 1.02 bits per heavy atom. The summed E-state index contributed by atoms with van der Waals surface area (Å²) in [4.78, 5) is 38.9. The fraction of sp³-hybridized carbons (Fsp3) is 0.357. The first-order valence-electron chi connectivity index (χ1n) is 13.0. The molecule has 3 heterocycles. The zero-order valence-corrected chi connectivity index (χ0v) is 23.3. The Bertz CT molecular complexity index is 1540. The third-order valence-electron chi connectivity index (χ3n) is 6.87. The molecule has 0 bridgehead atoms. The smallest absolute Gasteiger partial charge is 0.324 e. The van der Waals surface area contributed by atoms with Gasteiger partial charge in [-0.3, -0.25) is 19.8 Å². The van der Waals surface area contributed by atoms with Gasteiger partial charge in [0.15, 0.2) is 9.84 Å². The first-order chi connectivity index (χ1) is 18.9. The van der Waals surface area contributed by atoms with Crippen molar-refractivity contribution in [3.63, 3.8) is 0 Å². The van der Waals surface area contributed by atoms with E-state index in [4.69, 9.17) is 4.74 Å². The zero-order valence-electron chi connectivity index (χ0n) is 22.5. The molecule has 2 N–H and O–H groups in total. The Labute approximate surface area is 232 Å². The van der Waals surface area contributed by atoms with Crippen LogP contribution in [0.15, 0.2) is 54.6 Å². The molecule has 0 radical (unpaired) electrons. The van der Waals surface area contributed by atoms with Crippen molar-refractivity contribution in [3.05, 3.63) is 71.4 Å². The highest BCUT2D eigenvalue weighted by Gasteiger charge is 2.35. The quantitative estimate of drug-likeness (QED) is 0.415. The molecule has 1 unspecified atom stereocenters. The Balaban J connectivity index is 1.17. The van der Waals surface area contributed by atoms with Gasteiger partial charge >= 0.3 is 6.03 Å². The second-order valence-corrected chi connectivity index (χ2v) is 13.2. The third-order valence-corrected chi connectivity index (χ3v) is 8.62. The van der Waals surface area contributed by atoms with Crippen molar-refractivity contribution < 1.29 is 27.5 Å². The summed E-state index contributed by atoms with van der Waals surface area (Å²) in [6.45, 7) is 6.23. The van der Waals surface area contributed by atoms with Crippen molar-refractivity contribution in [1.82, 2.24) is 14.7 Å². The second-order valence-electron chi connectivity index (χ2n) is 10.9. The maximum Gasteiger partial charge on any atom is 0.324 e. The lowest BCUT2D eigenvalue weighted by Crippen LogP contribution is -2.33. The summed E-state index contributed by atoms with van der Waals surface area (Å²) in [5.41, 5.74) is 1.76. The van der Waals surface area contributed by atoms with Gasteiger partial charge in [-0.25, -0.2) is 17.9 Å². The number of hydrogen-bond donors (Lipinski definition) is 2. The zero-order chi connectivity index (χ0) is 28.7. The maximum absolute atomic E-state index is 12.8. The molecule has 0 aliphatic carbocycles. The summed E-state index contributed by atoms with van der Waals surface area (Å²) in [6, 6.07) is 14.3. The molecule has 0 saturated carbocycles. The number of hydrogen-bond acceptors (Lipinski definition) is 7.